The second kappa shape index (κ2) is 9.88. The molecule has 0 saturated carbocycles. The van der Waals surface area contributed by atoms with Gasteiger partial charge in [0, 0.05) is 5.56 Å². The van der Waals surface area contributed by atoms with Gasteiger partial charge in [-0.3, -0.25) is 0 Å². The number of unbranched alkanes of at least 4 members (excludes halogenated alkanes) is 4. The first-order valence-corrected chi connectivity index (χ1v) is 9.98. The fourth-order valence-corrected chi connectivity index (χ4v) is 3.02. The Labute approximate surface area is 166 Å². The Hall–Kier alpha value is -2.88. The molecule has 4 nitrogen and oxygen atoms in total. The normalized spacial score (nSPS) is 14.9. The number of ether oxygens (including phenoxy) is 2. The van der Waals surface area contributed by atoms with Gasteiger partial charge in [0.2, 0.25) is 5.90 Å². The molecule has 1 aliphatic heterocycles. The number of benzene rings is 2. The number of rotatable bonds is 9. The number of aryl methyl sites for hydroxylation is 1. The van der Waals surface area contributed by atoms with Gasteiger partial charge in [0.1, 0.15) is 5.75 Å². The molecule has 2 aromatic carbocycles. The summed E-state index contributed by atoms with van der Waals surface area (Å²) in [6.45, 7) is 4.94. The molecule has 0 spiro atoms. The molecule has 0 atom stereocenters. The van der Waals surface area contributed by atoms with E-state index < -0.39 is 5.97 Å². The van der Waals surface area contributed by atoms with E-state index in [9.17, 15) is 4.79 Å². The Morgan fingerprint density at radius 1 is 1.04 bits per heavy atom. The van der Waals surface area contributed by atoms with Gasteiger partial charge >= 0.3 is 5.97 Å². The minimum atomic E-state index is -0.427. The maximum absolute atomic E-state index is 12.1. The van der Waals surface area contributed by atoms with Crippen molar-refractivity contribution in [1.82, 2.24) is 0 Å². The average Bonchev–Trinajstić information content (AvgIpc) is 3.06. The van der Waals surface area contributed by atoms with Crippen molar-refractivity contribution in [1.29, 1.82) is 0 Å². The van der Waals surface area contributed by atoms with Gasteiger partial charge in [0.15, 0.2) is 5.70 Å². The molecular formula is C24H27NO3. The standard InChI is InChI=1S/C24H27NO3/c1-3-4-5-6-7-15-27-21-13-11-19(12-14-21)17-22-24(26)28-23(25-22)20-10-8-9-18(2)16-20/h8-14,16-17H,3-7,15H2,1-2H3/b22-17-. The Kier molecular flexibility index (Phi) is 7.01. The van der Waals surface area contributed by atoms with Crippen LogP contribution < -0.4 is 4.74 Å². The molecule has 0 amide bonds. The van der Waals surface area contributed by atoms with Gasteiger partial charge in [-0.1, -0.05) is 62.4 Å². The molecule has 0 fully saturated rings. The molecule has 146 valence electrons. The molecule has 0 aromatic heterocycles. The minimum Gasteiger partial charge on any atom is -0.494 e. The molecular weight excluding hydrogens is 350 g/mol. The summed E-state index contributed by atoms with van der Waals surface area (Å²) in [7, 11) is 0. The average molecular weight is 377 g/mol. The van der Waals surface area contributed by atoms with Gasteiger partial charge in [-0.05, 0) is 49.2 Å². The summed E-state index contributed by atoms with van der Waals surface area (Å²) < 4.78 is 11.1. The van der Waals surface area contributed by atoms with Crippen LogP contribution in [0.2, 0.25) is 0 Å². The maximum Gasteiger partial charge on any atom is 0.363 e. The van der Waals surface area contributed by atoms with Crippen LogP contribution in [0.3, 0.4) is 0 Å². The van der Waals surface area contributed by atoms with Crippen molar-refractivity contribution in [3.05, 3.63) is 70.9 Å². The molecule has 0 N–H and O–H groups in total. The zero-order valence-electron chi connectivity index (χ0n) is 16.6. The van der Waals surface area contributed by atoms with Gasteiger partial charge in [0.05, 0.1) is 6.61 Å². The van der Waals surface area contributed by atoms with Crippen molar-refractivity contribution in [2.45, 2.75) is 46.0 Å². The molecule has 4 heteroatoms. The van der Waals surface area contributed by atoms with Crippen LogP contribution in [0.5, 0.6) is 5.75 Å². The zero-order valence-corrected chi connectivity index (χ0v) is 16.6. The smallest absolute Gasteiger partial charge is 0.363 e. The highest BCUT2D eigenvalue weighted by Crippen LogP contribution is 2.21. The van der Waals surface area contributed by atoms with E-state index in [-0.39, 0.29) is 0 Å². The fourth-order valence-electron chi connectivity index (χ4n) is 3.02. The zero-order chi connectivity index (χ0) is 19.8. The molecule has 0 radical (unpaired) electrons. The van der Waals surface area contributed by atoms with Crippen LogP contribution in [0.25, 0.3) is 6.08 Å². The summed E-state index contributed by atoms with van der Waals surface area (Å²) in [5.41, 5.74) is 3.09. The number of hydrogen-bond acceptors (Lipinski definition) is 4. The topological polar surface area (TPSA) is 47.9 Å². The number of nitrogens with zero attached hydrogens (tertiary/aromatic N) is 1. The highest BCUT2D eigenvalue weighted by atomic mass is 16.6. The quantitative estimate of drug-likeness (QED) is 0.320. The van der Waals surface area contributed by atoms with E-state index in [4.69, 9.17) is 9.47 Å². The third kappa shape index (κ3) is 5.56. The van der Waals surface area contributed by atoms with E-state index in [2.05, 4.69) is 11.9 Å². The molecule has 2 aromatic rings. The first-order chi connectivity index (χ1) is 13.7. The number of carbonyl (C=O) groups is 1. The van der Waals surface area contributed by atoms with Gasteiger partial charge in [0.25, 0.3) is 0 Å². The lowest BCUT2D eigenvalue weighted by Crippen LogP contribution is -2.05. The van der Waals surface area contributed by atoms with Gasteiger partial charge in [-0.25, -0.2) is 9.79 Å². The number of hydrogen-bond donors (Lipinski definition) is 0. The van der Waals surface area contributed by atoms with Crippen molar-refractivity contribution in [3.8, 4) is 5.75 Å². The minimum absolute atomic E-state index is 0.307. The van der Waals surface area contributed by atoms with Crippen LogP contribution in [0.1, 0.15) is 55.7 Å². The van der Waals surface area contributed by atoms with E-state index in [1.807, 2.05) is 55.5 Å². The Bertz CT molecular complexity index is 866. The molecule has 0 unspecified atom stereocenters. The molecule has 0 aliphatic carbocycles. The lowest BCUT2D eigenvalue weighted by molar-refractivity contribution is -0.129. The third-order valence-corrected chi connectivity index (χ3v) is 4.59. The second-order valence-electron chi connectivity index (χ2n) is 7.04. The second-order valence-corrected chi connectivity index (χ2v) is 7.04. The predicted molar refractivity (Wildman–Crippen MR) is 112 cm³/mol. The summed E-state index contributed by atoms with van der Waals surface area (Å²) in [5, 5.41) is 0. The largest absolute Gasteiger partial charge is 0.494 e. The SMILES string of the molecule is CCCCCCCOc1ccc(/C=C2\N=C(c3cccc(C)c3)OC2=O)cc1. The van der Waals surface area contributed by atoms with E-state index >= 15 is 0 Å². The summed E-state index contributed by atoms with van der Waals surface area (Å²) in [5.74, 6) is 0.766. The van der Waals surface area contributed by atoms with Crippen LogP contribution in [-0.4, -0.2) is 18.5 Å². The summed E-state index contributed by atoms with van der Waals surface area (Å²) in [6, 6.07) is 15.4. The van der Waals surface area contributed by atoms with Gasteiger partial charge < -0.3 is 9.47 Å². The highest BCUT2D eigenvalue weighted by Gasteiger charge is 2.24. The Balaban J connectivity index is 1.59. The molecule has 0 bridgehead atoms. The van der Waals surface area contributed by atoms with Crippen LogP contribution in [0, 0.1) is 6.92 Å². The lowest BCUT2D eigenvalue weighted by atomic mass is 10.1. The summed E-state index contributed by atoms with van der Waals surface area (Å²) in [6.07, 6.45) is 7.84. The lowest BCUT2D eigenvalue weighted by Gasteiger charge is -2.06. The highest BCUT2D eigenvalue weighted by molar-refractivity contribution is 6.12. The van der Waals surface area contributed by atoms with E-state index in [1.54, 1.807) is 6.08 Å². The van der Waals surface area contributed by atoms with E-state index in [0.717, 1.165) is 35.5 Å². The Morgan fingerprint density at radius 2 is 1.82 bits per heavy atom. The molecule has 28 heavy (non-hydrogen) atoms. The van der Waals surface area contributed by atoms with Crippen LogP contribution >= 0.6 is 0 Å². The van der Waals surface area contributed by atoms with Crippen LogP contribution in [0.4, 0.5) is 0 Å². The fraction of sp³-hybridized carbons (Fsp3) is 0.333. The number of aliphatic imine (C=N–C) groups is 1. The number of carbonyl (C=O) groups excluding carboxylic acids is 1. The number of esters is 1. The Morgan fingerprint density at radius 3 is 2.57 bits per heavy atom. The summed E-state index contributed by atoms with van der Waals surface area (Å²) >= 11 is 0. The first kappa shape index (κ1) is 19.9. The van der Waals surface area contributed by atoms with Crippen LogP contribution in [0.15, 0.2) is 59.2 Å². The third-order valence-electron chi connectivity index (χ3n) is 4.59. The van der Waals surface area contributed by atoms with E-state index in [1.165, 1.54) is 25.7 Å². The molecule has 0 saturated heterocycles. The van der Waals surface area contributed by atoms with Crippen molar-refractivity contribution < 1.29 is 14.3 Å². The van der Waals surface area contributed by atoms with Crippen molar-refractivity contribution in [2.75, 3.05) is 6.61 Å². The van der Waals surface area contributed by atoms with Crippen molar-refractivity contribution in [2.24, 2.45) is 4.99 Å². The molecule has 3 rings (SSSR count). The molecule has 1 heterocycles. The number of cyclic esters (lactones) is 1. The predicted octanol–water partition coefficient (Wildman–Crippen LogP) is 5.69. The van der Waals surface area contributed by atoms with Crippen molar-refractivity contribution in [3.63, 3.8) is 0 Å². The van der Waals surface area contributed by atoms with E-state index in [0.29, 0.717) is 11.6 Å². The first-order valence-electron chi connectivity index (χ1n) is 9.98. The monoisotopic (exact) mass is 377 g/mol. The van der Waals surface area contributed by atoms with Crippen molar-refractivity contribution >= 4 is 17.9 Å². The van der Waals surface area contributed by atoms with Crippen LogP contribution in [-0.2, 0) is 9.53 Å². The maximum atomic E-state index is 12.1. The summed E-state index contributed by atoms with van der Waals surface area (Å²) in [4.78, 5) is 16.5. The molecule has 1 aliphatic rings. The van der Waals surface area contributed by atoms with Gasteiger partial charge in [-0.2, -0.15) is 0 Å². The van der Waals surface area contributed by atoms with Gasteiger partial charge in [-0.15, -0.1) is 0 Å².